The first kappa shape index (κ1) is 37.5. The maximum Gasteiger partial charge on any atom is 0.434 e. The van der Waals surface area contributed by atoms with Crippen LogP contribution in [0.15, 0.2) is 53.7 Å². The fourth-order valence-corrected chi connectivity index (χ4v) is 8.75. The standard InChI is InChI=1S/C39H41F4N9O4/c1-21-14-29-23(15-28(21)46-36(54)30-16-44-17-33(45-30)39(41,42)43)19-51(48-29)24-8-6-22(7-9-24)18-50-13-12-25(27(40)20-50)26-4-3-5-31-35(26)49(2)38(56)52(31)32-10-11-34(53)47-37(32)55/h3-5,14-17,19,22,24-25,27,32H,6-13,18,20H2,1-2H3,(H,46,54)(H,47,53,55)/t22?,24?,25-,27+,32?/m0/s1. The SMILES string of the molecule is Cc1cc2nn(C3CCC(CN4CC[C@@H](c5cccc6c5n(C)c(=O)n6C5CCC(=O)NC5=O)[C@H](F)C4)CC3)cc2cc1NC(=O)c1cncc(C(F)(F)F)n1. The summed E-state index contributed by atoms with van der Waals surface area (Å²) in [6, 6.07) is 8.39. The minimum Gasteiger partial charge on any atom is -0.320 e. The van der Waals surface area contributed by atoms with Crippen LogP contribution in [0.5, 0.6) is 0 Å². The molecule has 1 unspecified atom stereocenters. The molecular formula is C39H41F4N9O4. The number of nitrogens with zero attached hydrogens (tertiary/aromatic N) is 7. The lowest BCUT2D eigenvalue weighted by Crippen LogP contribution is -2.44. The normalized spacial score (nSPS) is 23.8. The number of hydrogen-bond donors (Lipinski definition) is 2. The van der Waals surface area contributed by atoms with Crippen molar-refractivity contribution in [2.45, 2.75) is 82.2 Å². The molecule has 5 heterocycles. The quantitative estimate of drug-likeness (QED) is 0.161. The summed E-state index contributed by atoms with van der Waals surface area (Å²) in [4.78, 5) is 59.8. The molecule has 56 heavy (non-hydrogen) atoms. The Morgan fingerprint density at radius 1 is 1.04 bits per heavy atom. The van der Waals surface area contributed by atoms with E-state index in [1.807, 2.05) is 23.0 Å². The summed E-state index contributed by atoms with van der Waals surface area (Å²) in [5.41, 5.74) is 1.75. The van der Waals surface area contributed by atoms with E-state index in [9.17, 15) is 32.3 Å². The first-order chi connectivity index (χ1) is 26.7. The Bertz CT molecular complexity index is 2410. The number of benzene rings is 2. The minimum atomic E-state index is -4.72. The zero-order chi connectivity index (χ0) is 39.5. The highest BCUT2D eigenvalue weighted by Crippen LogP contribution is 2.38. The second kappa shape index (κ2) is 14.6. The van der Waals surface area contributed by atoms with E-state index in [0.717, 1.165) is 54.9 Å². The summed E-state index contributed by atoms with van der Waals surface area (Å²) in [5, 5.41) is 10.6. The first-order valence-electron chi connectivity index (χ1n) is 18.8. The maximum atomic E-state index is 16.1. The van der Waals surface area contributed by atoms with Gasteiger partial charge < -0.3 is 10.2 Å². The van der Waals surface area contributed by atoms with Gasteiger partial charge in [0, 0.05) is 49.7 Å². The van der Waals surface area contributed by atoms with Gasteiger partial charge in [0.25, 0.3) is 5.91 Å². The summed E-state index contributed by atoms with van der Waals surface area (Å²) in [7, 11) is 1.64. The van der Waals surface area contributed by atoms with Crippen LogP contribution >= 0.6 is 0 Å². The molecule has 1 saturated carbocycles. The molecule has 0 bridgehead atoms. The second-order valence-corrected chi connectivity index (χ2v) is 15.3. The summed E-state index contributed by atoms with van der Waals surface area (Å²) in [5.74, 6) is -1.67. The zero-order valence-corrected chi connectivity index (χ0v) is 30.9. The number of fused-ring (bicyclic) bond motifs is 2. The van der Waals surface area contributed by atoms with Crippen LogP contribution in [0.2, 0.25) is 0 Å². The van der Waals surface area contributed by atoms with Crippen LogP contribution in [0.1, 0.15) is 90.3 Å². The number of imide groups is 1. The van der Waals surface area contributed by atoms with Gasteiger partial charge in [0.15, 0.2) is 5.69 Å². The van der Waals surface area contributed by atoms with E-state index in [1.165, 1.54) is 9.13 Å². The Morgan fingerprint density at radius 3 is 2.55 bits per heavy atom. The van der Waals surface area contributed by atoms with Crippen molar-refractivity contribution < 1.29 is 31.9 Å². The smallest absolute Gasteiger partial charge is 0.320 e. The molecule has 294 valence electrons. The number of anilines is 1. The third kappa shape index (κ3) is 7.08. The number of rotatable bonds is 7. The molecule has 8 rings (SSSR count). The first-order valence-corrected chi connectivity index (χ1v) is 18.8. The lowest BCUT2D eigenvalue weighted by atomic mass is 9.83. The van der Waals surface area contributed by atoms with Gasteiger partial charge in [0.1, 0.15) is 17.9 Å². The van der Waals surface area contributed by atoms with Gasteiger partial charge in [0.2, 0.25) is 11.8 Å². The highest BCUT2D eigenvalue weighted by molar-refractivity contribution is 6.04. The van der Waals surface area contributed by atoms with Crippen molar-refractivity contribution in [1.29, 1.82) is 0 Å². The van der Waals surface area contributed by atoms with Gasteiger partial charge in [-0.15, -0.1) is 0 Å². The molecule has 0 radical (unpaired) electrons. The van der Waals surface area contributed by atoms with E-state index < -0.39 is 47.5 Å². The van der Waals surface area contributed by atoms with Gasteiger partial charge >= 0.3 is 11.9 Å². The van der Waals surface area contributed by atoms with Crippen LogP contribution in [0, 0.1) is 12.8 Å². The van der Waals surface area contributed by atoms with Crippen LogP contribution in [-0.4, -0.2) is 77.3 Å². The van der Waals surface area contributed by atoms with Gasteiger partial charge in [-0.05, 0) is 87.2 Å². The molecule has 2 saturated heterocycles. The number of likely N-dealkylation sites (tertiary alicyclic amines) is 1. The second-order valence-electron chi connectivity index (χ2n) is 15.3. The topological polar surface area (TPSA) is 149 Å². The van der Waals surface area contributed by atoms with Crippen LogP contribution in [0.4, 0.5) is 23.2 Å². The predicted molar refractivity (Wildman–Crippen MR) is 198 cm³/mol. The number of imidazole rings is 1. The maximum absolute atomic E-state index is 16.1. The molecule has 3 aromatic heterocycles. The molecule has 3 atom stereocenters. The fourth-order valence-electron chi connectivity index (χ4n) is 8.75. The molecule has 13 nitrogen and oxygen atoms in total. The van der Waals surface area contributed by atoms with E-state index in [2.05, 4.69) is 25.5 Å². The molecule has 5 aromatic rings. The van der Waals surface area contributed by atoms with Crippen LogP contribution in [-0.2, 0) is 22.8 Å². The molecule has 3 aliphatic rings. The largest absolute Gasteiger partial charge is 0.434 e. The lowest BCUT2D eigenvalue weighted by molar-refractivity contribution is -0.141. The Morgan fingerprint density at radius 2 is 1.82 bits per heavy atom. The van der Waals surface area contributed by atoms with Crippen molar-refractivity contribution >= 4 is 45.3 Å². The molecular weight excluding hydrogens is 734 g/mol. The molecule has 2 aromatic carbocycles. The van der Waals surface area contributed by atoms with Gasteiger partial charge in [-0.1, -0.05) is 12.1 Å². The number of aromatic nitrogens is 6. The number of piperidine rings is 2. The Kier molecular flexibility index (Phi) is 9.75. The van der Waals surface area contributed by atoms with Gasteiger partial charge in [0.05, 0.1) is 35.0 Å². The van der Waals surface area contributed by atoms with Gasteiger partial charge in [-0.2, -0.15) is 18.3 Å². The minimum absolute atomic E-state index is 0.144. The summed E-state index contributed by atoms with van der Waals surface area (Å²) < 4.78 is 60.3. The monoisotopic (exact) mass is 775 g/mol. The molecule has 2 aliphatic heterocycles. The van der Waals surface area contributed by atoms with Crippen molar-refractivity contribution in [3.63, 3.8) is 0 Å². The van der Waals surface area contributed by atoms with Crippen molar-refractivity contribution in [3.8, 4) is 0 Å². The number of carbonyl (C=O) groups is 3. The van der Waals surface area contributed by atoms with Crippen LogP contribution in [0.25, 0.3) is 21.9 Å². The molecule has 0 spiro atoms. The van der Waals surface area contributed by atoms with Gasteiger partial charge in [-0.3, -0.25) is 38.5 Å². The Balaban J connectivity index is 0.884. The van der Waals surface area contributed by atoms with Crippen molar-refractivity contribution in [1.82, 2.24) is 39.1 Å². The number of amides is 3. The Labute approximate surface area is 318 Å². The summed E-state index contributed by atoms with van der Waals surface area (Å²) in [6.07, 6.45) is 2.26. The highest BCUT2D eigenvalue weighted by atomic mass is 19.4. The number of hydrogen-bond acceptors (Lipinski definition) is 8. The Hall–Kier alpha value is -5.45. The zero-order valence-electron chi connectivity index (χ0n) is 30.9. The average molecular weight is 776 g/mol. The summed E-state index contributed by atoms with van der Waals surface area (Å²) >= 11 is 0. The van der Waals surface area contributed by atoms with E-state index in [1.54, 1.807) is 32.2 Å². The average Bonchev–Trinajstić information content (AvgIpc) is 3.69. The number of para-hydroxylation sites is 1. The van der Waals surface area contributed by atoms with Crippen molar-refractivity contribution in [2.24, 2.45) is 13.0 Å². The number of aryl methyl sites for hydroxylation is 2. The molecule has 1 aliphatic carbocycles. The number of alkyl halides is 4. The van der Waals surface area contributed by atoms with Gasteiger partial charge in [-0.25, -0.2) is 14.2 Å². The predicted octanol–water partition coefficient (Wildman–Crippen LogP) is 5.60. The van der Waals surface area contributed by atoms with E-state index in [0.29, 0.717) is 47.4 Å². The molecule has 3 amide bonds. The number of nitrogens with one attached hydrogen (secondary N) is 2. The number of halogens is 4. The number of carbonyl (C=O) groups excluding carboxylic acids is 3. The van der Waals surface area contributed by atoms with Crippen LogP contribution < -0.4 is 16.3 Å². The summed E-state index contributed by atoms with van der Waals surface area (Å²) in [6.45, 7) is 3.57. The highest BCUT2D eigenvalue weighted by Gasteiger charge is 2.37. The van der Waals surface area contributed by atoms with E-state index >= 15 is 4.39 Å². The van der Waals surface area contributed by atoms with Crippen LogP contribution in [0.3, 0.4) is 0 Å². The molecule has 17 heteroatoms. The van der Waals surface area contributed by atoms with Crippen molar-refractivity contribution in [2.75, 3.05) is 25.0 Å². The lowest BCUT2D eigenvalue weighted by Gasteiger charge is -2.38. The third-order valence-electron chi connectivity index (χ3n) is 11.7. The van der Waals surface area contributed by atoms with E-state index in [-0.39, 0.29) is 37.0 Å². The third-order valence-corrected chi connectivity index (χ3v) is 11.7. The molecule has 3 fully saturated rings. The fraction of sp³-hybridized carbons (Fsp3) is 0.462. The molecule has 2 N–H and O–H groups in total. The van der Waals surface area contributed by atoms with E-state index in [4.69, 9.17) is 5.10 Å². The van der Waals surface area contributed by atoms with Crippen molar-refractivity contribution in [3.05, 3.63) is 81.9 Å².